The van der Waals surface area contributed by atoms with E-state index in [9.17, 15) is 4.79 Å². The highest BCUT2D eigenvalue weighted by molar-refractivity contribution is 5.76. The van der Waals surface area contributed by atoms with Crippen molar-refractivity contribution in [1.29, 1.82) is 0 Å². The van der Waals surface area contributed by atoms with Crippen molar-refractivity contribution in [3.8, 4) is 5.75 Å². The molecule has 0 aliphatic rings. The van der Waals surface area contributed by atoms with Gasteiger partial charge in [-0.15, -0.1) is 0 Å². The molecule has 0 fully saturated rings. The van der Waals surface area contributed by atoms with E-state index in [0.29, 0.717) is 12.6 Å². The zero-order valence-corrected chi connectivity index (χ0v) is 11.3. The molecule has 2 atom stereocenters. The normalized spacial score (nSPS) is 13.9. The summed E-state index contributed by atoms with van der Waals surface area (Å²) in [6.45, 7) is 7.21. The SMILES string of the molecule is CCNC(C)c1ccc(OCC(C)C(N)=O)cc1. The van der Waals surface area contributed by atoms with Crippen molar-refractivity contribution in [3.05, 3.63) is 29.8 Å². The molecule has 2 unspecified atom stereocenters. The smallest absolute Gasteiger partial charge is 0.223 e. The first-order chi connectivity index (χ1) is 8.54. The van der Waals surface area contributed by atoms with E-state index in [0.717, 1.165) is 12.3 Å². The Hall–Kier alpha value is -1.55. The van der Waals surface area contributed by atoms with Crippen LogP contribution in [0.15, 0.2) is 24.3 Å². The fourth-order valence-electron chi connectivity index (χ4n) is 1.58. The molecule has 0 aromatic heterocycles. The lowest BCUT2D eigenvalue weighted by molar-refractivity contribution is -0.122. The highest BCUT2D eigenvalue weighted by Gasteiger charge is 2.09. The topological polar surface area (TPSA) is 64.3 Å². The molecular weight excluding hydrogens is 228 g/mol. The fourth-order valence-corrected chi connectivity index (χ4v) is 1.58. The average molecular weight is 250 g/mol. The minimum Gasteiger partial charge on any atom is -0.493 e. The van der Waals surface area contributed by atoms with Crippen molar-refractivity contribution < 1.29 is 9.53 Å². The van der Waals surface area contributed by atoms with Gasteiger partial charge in [0.1, 0.15) is 5.75 Å². The van der Waals surface area contributed by atoms with E-state index >= 15 is 0 Å². The zero-order valence-electron chi connectivity index (χ0n) is 11.3. The van der Waals surface area contributed by atoms with Crippen LogP contribution in [0.3, 0.4) is 0 Å². The largest absolute Gasteiger partial charge is 0.493 e. The molecule has 4 heteroatoms. The van der Waals surface area contributed by atoms with Crippen molar-refractivity contribution in [2.24, 2.45) is 11.7 Å². The Bertz CT molecular complexity index is 376. The lowest BCUT2D eigenvalue weighted by Gasteiger charge is -2.14. The molecular formula is C14H22N2O2. The number of rotatable bonds is 7. The number of carbonyl (C=O) groups excluding carboxylic acids is 1. The van der Waals surface area contributed by atoms with Gasteiger partial charge in [-0.05, 0) is 31.2 Å². The summed E-state index contributed by atoms with van der Waals surface area (Å²) in [5.74, 6) is 0.147. The number of nitrogens with one attached hydrogen (secondary N) is 1. The number of primary amides is 1. The Morgan fingerprint density at radius 3 is 2.44 bits per heavy atom. The number of carbonyl (C=O) groups is 1. The highest BCUT2D eigenvalue weighted by atomic mass is 16.5. The number of hydrogen-bond acceptors (Lipinski definition) is 3. The first-order valence-corrected chi connectivity index (χ1v) is 6.30. The summed E-state index contributed by atoms with van der Waals surface area (Å²) >= 11 is 0. The summed E-state index contributed by atoms with van der Waals surface area (Å²) in [6, 6.07) is 8.21. The molecule has 1 aromatic carbocycles. The minimum atomic E-state index is -0.340. The van der Waals surface area contributed by atoms with Gasteiger partial charge in [0, 0.05) is 6.04 Å². The molecule has 0 radical (unpaired) electrons. The van der Waals surface area contributed by atoms with Crippen LogP contribution in [0, 0.1) is 5.92 Å². The van der Waals surface area contributed by atoms with E-state index in [1.807, 2.05) is 24.3 Å². The summed E-state index contributed by atoms with van der Waals surface area (Å²) in [4.78, 5) is 10.9. The molecule has 0 saturated carbocycles. The monoisotopic (exact) mass is 250 g/mol. The highest BCUT2D eigenvalue weighted by Crippen LogP contribution is 2.17. The van der Waals surface area contributed by atoms with Crippen LogP contribution in [-0.4, -0.2) is 19.1 Å². The standard InChI is InChI=1S/C14H22N2O2/c1-4-16-11(3)12-5-7-13(8-6-12)18-9-10(2)14(15)17/h5-8,10-11,16H,4,9H2,1-3H3,(H2,15,17). The quantitative estimate of drug-likeness (QED) is 0.776. The van der Waals surface area contributed by atoms with E-state index in [2.05, 4.69) is 19.2 Å². The molecule has 18 heavy (non-hydrogen) atoms. The Kier molecular flexibility index (Phi) is 5.65. The van der Waals surface area contributed by atoms with E-state index in [1.54, 1.807) is 6.92 Å². The maximum Gasteiger partial charge on any atom is 0.223 e. The van der Waals surface area contributed by atoms with Crippen LogP contribution in [-0.2, 0) is 4.79 Å². The van der Waals surface area contributed by atoms with Crippen molar-refractivity contribution in [3.63, 3.8) is 0 Å². The first-order valence-electron chi connectivity index (χ1n) is 6.30. The van der Waals surface area contributed by atoms with E-state index in [-0.39, 0.29) is 11.8 Å². The van der Waals surface area contributed by atoms with E-state index in [1.165, 1.54) is 5.56 Å². The molecule has 4 nitrogen and oxygen atoms in total. The van der Waals surface area contributed by atoms with Crippen molar-refractivity contribution in [2.75, 3.05) is 13.2 Å². The molecule has 0 bridgehead atoms. The minimum absolute atomic E-state index is 0.273. The van der Waals surface area contributed by atoms with Crippen LogP contribution in [0.4, 0.5) is 0 Å². The summed E-state index contributed by atoms with van der Waals surface area (Å²) < 4.78 is 5.50. The number of benzene rings is 1. The van der Waals surface area contributed by atoms with Gasteiger partial charge in [0.25, 0.3) is 0 Å². The third-order valence-corrected chi connectivity index (χ3v) is 2.88. The summed E-state index contributed by atoms with van der Waals surface area (Å²) in [6.07, 6.45) is 0. The van der Waals surface area contributed by atoms with Gasteiger partial charge in [0.15, 0.2) is 0 Å². The van der Waals surface area contributed by atoms with Gasteiger partial charge in [-0.1, -0.05) is 26.0 Å². The molecule has 3 N–H and O–H groups in total. The zero-order chi connectivity index (χ0) is 13.5. The lowest BCUT2D eigenvalue weighted by atomic mass is 10.1. The van der Waals surface area contributed by atoms with Gasteiger partial charge in [-0.3, -0.25) is 4.79 Å². The average Bonchev–Trinajstić information content (AvgIpc) is 2.36. The fraction of sp³-hybridized carbons (Fsp3) is 0.500. The van der Waals surface area contributed by atoms with Crippen LogP contribution in [0.2, 0.25) is 0 Å². The number of hydrogen-bond donors (Lipinski definition) is 2. The molecule has 0 aliphatic heterocycles. The lowest BCUT2D eigenvalue weighted by Crippen LogP contribution is -2.25. The Morgan fingerprint density at radius 2 is 1.94 bits per heavy atom. The molecule has 1 aromatic rings. The second-order valence-electron chi connectivity index (χ2n) is 4.46. The van der Waals surface area contributed by atoms with Gasteiger partial charge in [-0.25, -0.2) is 0 Å². The third kappa shape index (κ3) is 4.37. The van der Waals surface area contributed by atoms with Crippen LogP contribution in [0.25, 0.3) is 0 Å². The van der Waals surface area contributed by atoms with Crippen LogP contribution in [0.5, 0.6) is 5.75 Å². The van der Waals surface area contributed by atoms with Crippen LogP contribution < -0.4 is 15.8 Å². The Labute approximate surface area is 109 Å². The van der Waals surface area contributed by atoms with Crippen LogP contribution in [0.1, 0.15) is 32.4 Å². The molecule has 1 amide bonds. The summed E-state index contributed by atoms with van der Waals surface area (Å²) in [5.41, 5.74) is 6.39. The Morgan fingerprint density at radius 1 is 1.33 bits per heavy atom. The predicted octanol–water partition coefficient (Wildman–Crippen LogP) is 1.86. The number of amides is 1. The second kappa shape index (κ2) is 7.01. The van der Waals surface area contributed by atoms with Crippen molar-refractivity contribution in [2.45, 2.75) is 26.8 Å². The summed E-state index contributed by atoms with van der Waals surface area (Å²) in [5, 5.41) is 3.34. The van der Waals surface area contributed by atoms with E-state index in [4.69, 9.17) is 10.5 Å². The maximum absolute atomic E-state index is 10.9. The van der Waals surface area contributed by atoms with Crippen LogP contribution >= 0.6 is 0 Å². The molecule has 100 valence electrons. The summed E-state index contributed by atoms with van der Waals surface area (Å²) in [7, 11) is 0. The van der Waals surface area contributed by atoms with Crippen molar-refractivity contribution in [1.82, 2.24) is 5.32 Å². The van der Waals surface area contributed by atoms with Crippen molar-refractivity contribution >= 4 is 5.91 Å². The second-order valence-corrected chi connectivity index (χ2v) is 4.46. The van der Waals surface area contributed by atoms with Gasteiger partial charge < -0.3 is 15.8 Å². The molecule has 0 heterocycles. The van der Waals surface area contributed by atoms with E-state index < -0.39 is 0 Å². The molecule has 0 aliphatic carbocycles. The van der Waals surface area contributed by atoms with Gasteiger partial charge in [0.2, 0.25) is 5.91 Å². The number of nitrogens with two attached hydrogens (primary N) is 1. The number of ether oxygens (including phenoxy) is 1. The maximum atomic E-state index is 10.9. The predicted molar refractivity (Wildman–Crippen MR) is 72.4 cm³/mol. The van der Waals surface area contributed by atoms with Gasteiger partial charge in [-0.2, -0.15) is 0 Å². The van der Waals surface area contributed by atoms with Gasteiger partial charge >= 0.3 is 0 Å². The molecule has 0 spiro atoms. The first kappa shape index (κ1) is 14.5. The molecule has 0 saturated heterocycles. The molecule has 1 rings (SSSR count). The van der Waals surface area contributed by atoms with Gasteiger partial charge in [0.05, 0.1) is 12.5 Å². The third-order valence-electron chi connectivity index (χ3n) is 2.88. The Balaban J connectivity index is 2.52.